The molecule has 0 saturated heterocycles. The van der Waals surface area contributed by atoms with Gasteiger partial charge in [-0.1, -0.05) is 11.6 Å². The molecule has 1 saturated carbocycles. The lowest BCUT2D eigenvalue weighted by atomic mass is 9.99. The first-order valence-corrected chi connectivity index (χ1v) is 5.82. The maximum absolute atomic E-state index is 12.9. The van der Waals surface area contributed by atoms with Crippen molar-refractivity contribution in [3.63, 3.8) is 0 Å². The molecule has 0 atom stereocenters. The van der Waals surface area contributed by atoms with Crippen molar-refractivity contribution in [2.45, 2.75) is 31.6 Å². The first-order chi connectivity index (χ1) is 9.09. The van der Waals surface area contributed by atoms with Crippen LogP contribution in [0.25, 0.3) is 0 Å². The van der Waals surface area contributed by atoms with Gasteiger partial charge < -0.3 is 5.73 Å². The summed E-state index contributed by atoms with van der Waals surface area (Å²) < 4.78 is 76.0. The van der Waals surface area contributed by atoms with Crippen LogP contribution in [0.2, 0.25) is 0 Å². The van der Waals surface area contributed by atoms with Gasteiger partial charge in [0.15, 0.2) is 0 Å². The second-order valence-corrected chi connectivity index (χ2v) is 4.67. The molecule has 0 bridgehead atoms. The molecule has 0 spiro atoms. The fraction of sp³-hybridized carbons (Fsp3) is 0.385. The third-order valence-corrected chi connectivity index (χ3v) is 3.08. The smallest absolute Gasteiger partial charge is 0.402 e. The van der Waals surface area contributed by atoms with Crippen LogP contribution < -0.4 is 5.73 Å². The highest BCUT2D eigenvalue weighted by Crippen LogP contribution is 2.38. The number of hydrogen-bond acceptors (Lipinski definition) is 1. The minimum Gasteiger partial charge on any atom is -0.402 e. The van der Waals surface area contributed by atoms with Crippen LogP contribution in [0.3, 0.4) is 0 Å². The number of allylic oxidation sites excluding steroid dienone is 2. The van der Waals surface area contributed by atoms with Crippen molar-refractivity contribution in [2.24, 2.45) is 5.73 Å². The van der Waals surface area contributed by atoms with Crippen molar-refractivity contribution in [1.82, 2.24) is 0 Å². The maximum Gasteiger partial charge on any atom is 0.416 e. The molecule has 0 unspecified atom stereocenters. The van der Waals surface area contributed by atoms with Crippen molar-refractivity contribution in [2.75, 3.05) is 0 Å². The van der Waals surface area contributed by atoms with Crippen molar-refractivity contribution < 1.29 is 26.3 Å². The number of hydrogen-bond donors (Lipinski definition) is 1. The van der Waals surface area contributed by atoms with E-state index in [4.69, 9.17) is 5.73 Å². The summed E-state index contributed by atoms with van der Waals surface area (Å²) in [5.74, 6) is 0. The summed E-state index contributed by atoms with van der Waals surface area (Å²) in [6.45, 7) is 0. The molecule has 0 amide bonds. The molecule has 7 heteroatoms. The highest BCUT2D eigenvalue weighted by molar-refractivity contribution is 5.39. The van der Waals surface area contributed by atoms with Gasteiger partial charge in [0, 0.05) is 12.1 Å². The Morgan fingerprint density at radius 2 is 1.60 bits per heavy atom. The molecule has 1 fully saturated rings. The Labute approximate surface area is 111 Å². The van der Waals surface area contributed by atoms with Gasteiger partial charge in [0.05, 0.1) is 11.1 Å². The topological polar surface area (TPSA) is 26.0 Å². The van der Waals surface area contributed by atoms with Crippen LogP contribution in [0.4, 0.5) is 26.3 Å². The van der Waals surface area contributed by atoms with Crippen LogP contribution in [-0.4, -0.2) is 0 Å². The molecule has 1 aromatic carbocycles. The molecule has 1 aromatic rings. The summed E-state index contributed by atoms with van der Waals surface area (Å²) in [6.07, 6.45) is -8.34. The first-order valence-electron chi connectivity index (χ1n) is 5.82. The zero-order valence-electron chi connectivity index (χ0n) is 10.2. The molecule has 0 radical (unpaired) electrons. The molecular weight excluding hydrogens is 284 g/mol. The maximum atomic E-state index is 12.9. The minimum atomic E-state index is -4.84. The molecule has 110 valence electrons. The summed E-state index contributed by atoms with van der Waals surface area (Å²) in [4.78, 5) is 0. The van der Waals surface area contributed by atoms with Crippen LogP contribution in [-0.2, 0) is 18.8 Å². The van der Waals surface area contributed by atoms with Crippen LogP contribution in [0.1, 0.15) is 29.5 Å². The Balaban J connectivity index is 2.43. The average molecular weight is 295 g/mol. The third-order valence-electron chi connectivity index (χ3n) is 3.08. The van der Waals surface area contributed by atoms with E-state index in [0.29, 0.717) is 11.8 Å². The summed E-state index contributed by atoms with van der Waals surface area (Å²) in [6, 6.07) is 1.64. The van der Waals surface area contributed by atoms with E-state index >= 15 is 0 Å². The Bertz CT molecular complexity index is 547. The fourth-order valence-electron chi connectivity index (χ4n) is 1.88. The van der Waals surface area contributed by atoms with Gasteiger partial charge in [-0.2, -0.15) is 26.3 Å². The van der Waals surface area contributed by atoms with E-state index in [-0.39, 0.29) is 18.1 Å². The van der Waals surface area contributed by atoms with Gasteiger partial charge in [0.1, 0.15) is 0 Å². The van der Waals surface area contributed by atoms with Crippen molar-refractivity contribution in [3.05, 3.63) is 46.2 Å². The monoisotopic (exact) mass is 295 g/mol. The number of benzene rings is 1. The van der Waals surface area contributed by atoms with Crippen LogP contribution in [0.15, 0.2) is 29.5 Å². The molecule has 1 nitrogen and oxygen atoms in total. The molecule has 20 heavy (non-hydrogen) atoms. The second-order valence-electron chi connectivity index (χ2n) is 4.67. The van der Waals surface area contributed by atoms with E-state index in [1.54, 1.807) is 0 Å². The van der Waals surface area contributed by atoms with E-state index in [0.717, 1.165) is 24.5 Å². The fourth-order valence-corrected chi connectivity index (χ4v) is 1.88. The van der Waals surface area contributed by atoms with Crippen molar-refractivity contribution >= 4 is 0 Å². The zero-order valence-corrected chi connectivity index (χ0v) is 10.2. The van der Waals surface area contributed by atoms with E-state index in [1.165, 1.54) is 0 Å². The largest absolute Gasteiger partial charge is 0.416 e. The van der Waals surface area contributed by atoms with Crippen LogP contribution in [0, 0.1) is 0 Å². The Hall–Kier alpha value is -1.66. The third kappa shape index (κ3) is 3.26. The number of alkyl halides is 6. The highest BCUT2D eigenvalue weighted by Gasteiger charge is 2.38. The molecule has 2 rings (SSSR count). The van der Waals surface area contributed by atoms with Gasteiger partial charge in [0.25, 0.3) is 0 Å². The quantitative estimate of drug-likeness (QED) is 0.810. The lowest BCUT2D eigenvalue weighted by molar-refractivity contribution is -0.143. The Morgan fingerprint density at radius 3 is 2.05 bits per heavy atom. The van der Waals surface area contributed by atoms with Gasteiger partial charge in [-0.25, -0.2) is 0 Å². The summed E-state index contributed by atoms with van der Waals surface area (Å²) in [5, 5.41) is 0. The molecule has 0 heterocycles. The minimum absolute atomic E-state index is 0.139. The Kier molecular flexibility index (Phi) is 3.47. The van der Waals surface area contributed by atoms with Gasteiger partial charge >= 0.3 is 12.4 Å². The predicted molar refractivity (Wildman–Crippen MR) is 60.6 cm³/mol. The van der Waals surface area contributed by atoms with E-state index < -0.39 is 23.5 Å². The summed E-state index contributed by atoms with van der Waals surface area (Å²) in [5.41, 5.74) is 4.00. The van der Waals surface area contributed by atoms with Gasteiger partial charge in [0.2, 0.25) is 0 Å². The second kappa shape index (κ2) is 4.71. The zero-order chi connectivity index (χ0) is 15.1. The van der Waals surface area contributed by atoms with E-state index in [9.17, 15) is 26.3 Å². The van der Waals surface area contributed by atoms with Crippen molar-refractivity contribution in [1.29, 1.82) is 0 Å². The van der Waals surface area contributed by atoms with Gasteiger partial charge in [-0.15, -0.1) is 0 Å². The van der Waals surface area contributed by atoms with E-state index in [1.807, 2.05) is 0 Å². The first kappa shape index (κ1) is 14.7. The lowest BCUT2D eigenvalue weighted by Crippen LogP contribution is -2.15. The summed E-state index contributed by atoms with van der Waals surface area (Å²) in [7, 11) is 0. The molecule has 0 aliphatic heterocycles. The molecule has 1 aliphatic rings. The molecular formula is C13H11F6N. The number of rotatable bonds is 2. The van der Waals surface area contributed by atoms with E-state index in [2.05, 4.69) is 0 Å². The lowest BCUT2D eigenvalue weighted by Gasteiger charge is -2.16. The van der Waals surface area contributed by atoms with Crippen molar-refractivity contribution in [3.8, 4) is 0 Å². The average Bonchev–Trinajstić information content (AvgIpc) is 3.09. The van der Waals surface area contributed by atoms with Crippen LogP contribution >= 0.6 is 0 Å². The molecule has 1 aliphatic carbocycles. The molecule has 2 N–H and O–H groups in total. The Morgan fingerprint density at radius 1 is 1.00 bits per heavy atom. The predicted octanol–water partition coefficient (Wildman–Crippen LogP) is 4.27. The van der Waals surface area contributed by atoms with Crippen LogP contribution in [0.5, 0.6) is 0 Å². The number of nitrogens with two attached hydrogens (primary N) is 1. The van der Waals surface area contributed by atoms with Gasteiger partial charge in [-0.3, -0.25) is 0 Å². The number of halogens is 6. The highest BCUT2D eigenvalue weighted by atomic mass is 19.4. The summed E-state index contributed by atoms with van der Waals surface area (Å²) >= 11 is 0. The normalized spacial score (nSPS) is 15.4. The SMILES string of the molecule is NC(Cc1ccc(C(F)(F)F)cc1C(F)(F)F)=C1CC1. The van der Waals surface area contributed by atoms with Gasteiger partial charge in [-0.05, 0) is 30.5 Å². The standard InChI is InChI=1S/C13H11F6N/c14-12(15,16)9-4-3-8(5-11(20)7-1-2-7)10(6-9)13(17,18)19/h3-4,6H,1-2,5,20H2. The molecule has 0 aromatic heterocycles.